The van der Waals surface area contributed by atoms with Gasteiger partial charge >= 0.3 is 0 Å². The fraction of sp³-hybridized carbons (Fsp3) is 0.286. The predicted octanol–water partition coefficient (Wildman–Crippen LogP) is 3.23. The molecule has 28 heavy (non-hydrogen) atoms. The summed E-state index contributed by atoms with van der Waals surface area (Å²) >= 11 is 0. The molecule has 140 valence electrons. The van der Waals surface area contributed by atoms with Gasteiger partial charge in [0.25, 0.3) is 5.78 Å². The van der Waals surface area contributed by atoms with Crippen LogP contribution in [0.25, 0.3) is 22.5 Å². The summed E-state index contributed by atoms with van der Waals surface area (Å²) in [6.07, 6.45) is 5.57. The third-order valence-electron chi connectivity index (χ3n) is 5.37. The minimum absolute atomic E-state index is 0.338. The average Bonchev–Trinajstić information content (AvgIpc) is 3.20. The fourth-order valence-electron chi connectivity index (χ4n) is 3.97. The van der Waals surface area contributed by atoms with Gasteiger partial charge in [0, 0.05) is 24.7 Å². The summed E-state index contributed by atoms with van der Waals surface area (Å²) in [5, 5.41) is 4.38. The number of aromatic nitrogens is 6. The molecular weight excluding hydrogens is 350 g/mol. The van der Waals surface area contributed by atoms with Crippen LogP contribution in [0.5, 0.6) is 0 Å². The number of aryl methyl sites for hydroxylation is 1. The Kier molecular flexibility index (Phi) is 4.00. The topological polar surface area (TPSA) is 72.1 Å². The number of fused-ring (bicyclic) bond motifs is 2. The highest BCUT2D eigenvalue weighted by Crippen LogP contribution is 2.31. The highest BCUT2D eigenvalue weighted by molar-refractivity contribution is 5.75. The molecule has 1 saturated heterocycles. The van der Waals surface area contributed by atoms with Gasteiger partial charge < -0.3 is 4.90 Å². The minimum Gasteiger partial charge on any atom is -0.370 e. The number of rotatable bonds is 3. The van der Waals surface area contributed by atoms with Crippen LogP contribution < -0.4 is 0 Å². The number of hydrogen-bond donors (Lipinski definition) is 0. The van der Waals surface area contributed by atoms with E-state index in [0.29, 0.717) is 11.7 Å². The SMILES string of the molecule is C=C(c1cnc2ccccc2n1)N1CCCC(c2cc(C)nc3ncnn23)C1. The van der Waals surface area contributed by atoms with E-state index in [1.54, 1.807) is 6.33 Å². The Morgan fingerprint density at radius 2 is 2.00 bits per heavy atom. The highest BCUT2D eigenvalue weighted by atomic mass is 15.3. The largest absolute Gasteiger partial charge is 0.370 e. The lowest BCUT2D eigenvalue weighted by Gasteiger charge is -2.35. The molecule has 1 fully saturated rings. The molecule has 7 heteroatoms. The average molecular weight is 371 g/mol. The molecule has 0 radical (unpaired) electrons. The highest BCUT2D eigenvalue weighted by Gasteiger charge is 2.26. The van der Waals surface area contributed by atoms with E-state index in [0.717, 1.165) is 59.7 Å². The first-order valence-corrected chi connectivity index (χ1v) is 9.52. The van der Waals surface area contributed by atoms with Gasteiger partial charge in [-0.25, -0.2) is 14.5 Å². The van der Waals surface area contributed by atoms with E-state index in [1.807, 2.05) is 41.9 Å². The molecule has 0 bridgehead atoms. The van der Waals surface area contributed by atoms with E-state index < -0.39 is 0 Å². The van der Waals surface area contributed by atoms with Crippen LogP contribution in [0.2, 0.25) is 0 Å². The van der Waals surface area contributed by atoms with Crippen LogP contribution in [0, 0.1) is 6.92 Å². The zero-order valence-electron chi connectivity index (χ0n) is 15.8. The molecule has 1 aromatic carbocycles. The van der Waals surface area contributed by atoms with Gasteiger partial charge in [-0.15, -0.1) is 0 Å². The van der Waals surface area contributed by atoms with Crippen molar-refractivity contribution in [1.82, 2.24) is 34.4 Å². The maximum Gasteiger partial charge on any atom is 0.252 e. The molecule has 1 atom stereocenters. The second-order valence-electron chi connectivity index (χ2n) is 7.27. The molecule has 1 aliphatic heterocycles. The lowest BCUT2D eigenvalue weighted by Crippen LogP contribution is -2.34. The molecule has 0 amide bonds. The second kappa shape index (κ2) is 6.67. The Morgan fingerprint density at radius 3 is 2.89 bits per heavy atom. The zero-order valence-corrected chi connectivity index (χ0v) is 15.8. The Balaban J connectivity index is 1.44. The minimum atomic E-state index is 0.338. The number of nitrogens with zero attached hydrogens (tertiary/aromatic N) is 7. The molecule has 0 spiro atoms. The molecule has 4 heterocycles. The third-order valence-corrected chi connectivity index (χ3v) is 5.37. The van der Waals surface area contributed by atoms with Crippen molar-refractivity contribution in [3.05, 3.63) is 66.5 Å². The Morgan fingerprint density at radius 1 is 1.14 bits per heavy atom. The smallest absolute Gasteiger partial charge is 0.252 e. The number of hydrogen-bond acceptors (Lipinski definition) is 6. The fourth-order valence-corrected chi connectivity index (χ4v) is 3.97. The number of piperidine rings is 1. The van der Waals surface area contributed by atoms with Crippen LogP contribution in [0.4, 0.5) is 0 Å². The van der Waals surface area contributed by atoms with Crippen molar-refractivity contribution < 1.29 is 0 Å². The van der Waals surface area contributed by atoms with Crippen molar-refractivity contribution in [2.45, 2.75) is 25.7 Å². The van der Waals surface area contributed by atoms with Gasteiger partial charge in [0.05, 0.1) is 28.6 Å². The van der Waals surface area contributed by atoms with Crippen LogP contribution in [-0.2, 0) is 0 Å². The van der Waals surface area contributed by atoms with Gasteiger partial charge in [-0.3, -0.25) is 4.98 Å². The molecule has 1 aliphatic rings. The number of para-hydroxylation sites is 2. The molecule has 1 unspecified atom stereocenters. The van der Waals surface area contributed by atoms with Crippen molar-refractivity contribution in [2.24, 2.45) is 0 Å². The first-order valence-electron chi connectivity index (χ1n) is 9.52. The quantitative estimate of drug-likeness (QED) is 0.551. The Bertz CT molecular complexity index is 1180. The summed E-state index contributed by atoms with van der Waals surface area (Å²) in [7, 11) is 0. The van der Waals surface area contributed by atoms with E-state index in [1.165, 1.54) is 0 Å². The summed E-state index contributed by atoms with van der Waals surface area (Å²) < 4.78 is 1.86. The summed E-state index contributed by atoms with van der Waals surface area (Å²) in [4.78, 5) is 20.3. The molecular formula is C21H21N7. The van der Waals surface area contributed by atoms with Crippen LogP contribution in [0.15, 0.2) is 49.4 Å². The normalized spacial score (nSPS) is 17.3. The molecule has 0 N–H and O–H groups in total. The monoisotopic (exact) mass is 371 g/mol. The second-order valence-corrected chi connectivity index (χ2v) is 7.27. The van der Waals surface area contributed by atoms with Crippen LogP contribution >= 0.6 is 0 Å². The van der Waals surface area contributed by atoms with Crippen molar-refractivity contribution >= 4 is 22.5 Å². The number of benzene rings is 1. The first-order chi connectivity index (χ1) is 13.7. The van der Waals surface area contributed by atoms with Crippen molar-refractivity contribution in [3.63, 3.8) is 0 Å². The molecule has 5 rings (SSSR count). The lowest BCUT2D eigenvalue weighted by molar-refractivity contribution is 0.289. The van der Waals surface area contributed by atoms with E-state index in [2.05, 4.69) is 37.6 Å². The Labute approximate surface area is 162 Å². The maximum absolute atomic E-state index is 4.76. The molecule has 0 aliphatic carbocycles. The van der Waals surface area contributed by atoms with Crippen molar-refractivity contribution in [1.29, 1.82) is 0 Å². The third kappa shape index (κ3) is 2.89. The van der Waals surface area contributed by atoms with E-state index in [4.69, 9.17) is 4.98 Å². The molecule has 7 nitrogen and oxygen atoms in total. The van der Waals surface area contributed by atoms with Gasteiger partial charge in [0.15, 0.2) is 0 Å². The molecule has 4 aromatic rings. The summed E-state index contributed by atoms with van der Waals surface area (Å²) in [5.41, 5.74) is 5.66. The van der Waals surface area contributed by atoms with Crippen molar-refractivity contribution in [2.75, 3.05) is 13.1 Å². The van der Waals surface area contributed by atoms with Gasteiger partial charge in [0.2, 0.25) is 0 Å². The summed E-state index contributed by atoms with van der Waals surface area (Å²) in [6.45, 7) is 8.17. The molecule has 0 saturated carbocycles. The van der Waals surface area contributed by atoms with Gasteiger partial charge in [-0.05, 0) is 38.0 Å². The number of likely N-dealkylation sites (tertiary alicyclic amines) is 1. The molecule has 3 aromatic heterocycles. The maximum atomic E-state index is 4.76. The van der Waals surface area contributed by atoms with Crippen LogP contribution in [-0.4, -0.2) is 47.5 Å². The van der Waals surface area contributed by atoms with Crippen LogP contribution in [0.1, 0.15) is 35.8 Å². The van der Waals surface area contributed by atoms with E-state index in [-0.39, 0.29) is 0 Å². The standard InChI is InChI=1S/C21H21N7/c1-14-10-20(28-21(25-14)23-13-24-28)16-6-5-9-27(12-16)15(2)19-11-22-17-7-3-4-8-18(17)26-19/h3-4,7-8,10-11,13,16H,2,5-6,9,12H2,1H3. The van der Waals surface area contributed by atoms with Crippen LogP contribution in [0.3, 0.4) is 0 Å². The Hall–Kier alpha value is -3.35. The zero-order chi connectivity index (χ0) is 19.1. The first kappa shape index (κ1) is 16.8. The van der Waals surface area contributed by atoms with E-state index in [9.17, 15) is 0 Å². The van der Waals surface area contributed by atoms with Crippen molar-refractivity contribution in [3.8, 4) is 0 Å². The predicted molar refractivity (Wildman–Crippen MR) is 108 cm³/mol. The summed E-state index contributed by atoms with van der Waals surface area (Å²) in [6, 6.07) is 10.0. The summed E-state index contributed by atoms with van der Waals surface area (Å²) in [5.74, 6) is 0.996. The van der Waals surface area contributed by atoms with Gasteiger partial charge in [0.1, 0.15) is 12.0 Å². The van der Waals surface area contributed by atoms with Gasteiger partial charge in [-0.2, -0.15) is 10.1 Å². The van der Waals surface area contributed by atoms with E-state index >= 15 is 0 Å². The lowest BCUT2D eigenvalue weighted by atomic mass is 9.93. The van der Waals surface area contributed by atoms with Gasteiger partial charge in [-0.1, -0.05) is 18.7 Å².